The van der Waals surface area contributed by atoms with Crippen LogP contribution in [0, 0.1) is 6.92 Å². The molecular formula is C15H19N3O2. The lowest BCUT2D eigenvalue weighted by molar-refractivity contribution is 0.393. The zero-order valence-electron chi connectivity index (χ0n) is 12.0. The van der Waals surface area contributed by atoms with Gasteiger partial charge in [0, 0.05) is 18.3 Å². The van der Waals surface area contributed by atoms with Crippen LogP contribution < -0.4 is 5.63 Å². The Labute approximate surface area is 117 Å². The summed E-state index contributed by atoms with van der Waals surface area (Å²) in [7, 11) is 3.97. The molecule has 0 bridgehead atoms. The van der Waals surface area contributed by atoms with Gasteiger partial charge in [-0.3, -0.25) is 4.99 Å². The average molecular weight is 273 g/mol. The van der Waals surface area contributed by atoms with E-state index >= 15 is 0 Å². The molecule has 0 saturated heterocycles. The van der Waals surface area contributed by atoms with Crippen LogP contribution in [0.2, 0.25) is 0 Å². The normalized spacial score (nSPS) is 11.6. The monoisotopic (exact) mass is 273 g/mol. The summed E-state index contributed by atoms with van der Waals surface area (Å²) >= 11 is 0. The Kier molecular flexibility index (Phi) is 4.53. The van der Waals surface area contributed by atoms with Gasteiger partial charge in [0.25, 0.3) is 0 Å². The molecule has 1 aromatic heterocycles. The Balaban J connectivity index is 2.29. The molecule has 1 aromatic carbocycles. The average Bonchev–Trinajstić information content (AvgIpc) is 2.76. The molecule has 0 atom stereocenters. The van der Waals surface area contributed by atoms with Crippen LogP contribution in [0.4, 0.5) is 0 Å². The highest BCUT2D eigenvalue weighted by Gasteiger charge is 2.13. The molecule has 1 heterocycles. The predicted molar refractivity (Wildman–Crippen MR) is 80.5 cm³/mol. The second-order valence-electron chi connectivity index (χ2n) is 4.93. The molecule has 0 amide bonds. The van der Waals surface area contributed by atoms with Gasteiger partial charge in [0.2, 0.25) is 0 Å². The van der Waals surface area contributed by atoms with Gasteiger partial charge in [-0.25, -0.2) is 9.95 Å². The van der Waals surface area contributed by atoms with E-state index in [0.29, 0.717) is 17.8 Å². The summed E-state index contributed by atoms with van der Waals surface area (Å²) in [5.74, 6) is 0. The van der Waals surface area contributed by atoms with E-state index in [1.807, 2.05) is 50.2 Å². The Morgan fingerprint density at radius 3 is 2.80 bits per heavy atom. The fourth-order valence-corrected chi connectivity index (χ4v) is 1.89. The van der Waals surface area contributed by atoms with E-state index in [0.717, 1.165) is 17.7 Å². The van der Waals surface area contributed by atoms with Crippen molar-refractivity contribution in [2.45, 2.75) is 6.92 Å². The lowest BCUT2D eigenvalue weighted by Crippen LogP contribution is -2.15. The molecule has 0 unspecified atom stereocenters. The number of rotatable bonds is 5. The van der Waals surface area contributed by atoms with E-state index in [2.05, 4.69) is 10.1 Å². The first-order valence-corrected chi connectivity index (χ1v) is 6.51. The minimum atomic E-state index is -0.392. The molecule has 5 nitrogen and oxygen atoms in total. The number of nitrogens with one attached hydrogen (secondary N) is 1. The largest absolute Gasteiger partial charge is 0.366 e. The molecule has 2 rings (SSSR count). The summed E-state index contributed by atoms with van der Waals surface area (Å²) in [5, 5.41) is 2.69. The third-order valence-corrected chi connectivity index (χ3v) is 3.05. The van der Waals surface area contributed by atoms with Gasteiger partial charge in [0.05, 0.1) is 12.2 Å². The molecule has 1 N–H and O–H groups in total. The summed E-state index contributed by atoms with van der Waals surface area (Å²) in [4.78, 5) is 18.1. The van der Waals surface area contributed by atoms with Gasteiger partial charge in [-0.2, -0.15) is 0 Å². The van der Waals surface area contributed by atoms with Gasteiger partial charge in [0.1, 0.15) is 5.56 Å². The molecule has 0 aliphatic heterocycles. The van der Waals surface area contributed by atoms with Crippen molar-refractivity contribution < 1.29 is 4.52 Å². The molecule has 0 aliphatic rings. The molecule has 0 aliphatic carbocycles. The van der Waals surface area contributed by atoms with E-state index < -0.39 is 5.63 Å². The van der Waals surface area contributed by atoms with Crippen LogP contribution in [-0.2, 0) is 0 Å². The molecule has 2 aromatic rings. The van der Waals surface area contributed by atoms with Gasteiger partial charge in [-0.15, -0.1) is 0 Å². The van der Waals surface area contributed by atoms with Crippen LogP contribution in [0.15, 0.2) is 38.6 Å². The van der Waals surface area contributed by atoms with Crippen molar-refractivity contribution in [3.05, 3.63) is 45.8 Å². The highest BCUT2D eigenvalue weighted by atomic mass is 16.5. The van der Waals surface area contributed by atoms with E-state index in [-0.39, 0.29) is 0 Å². The minimum absolute atomic E-state index is 0.392. The van der Waals surface area contributed by atoms with Crippen molar-refractivity contribution in [1.29, 1.82) is 0 Å². The molecule has 0 fully saturated rings. The predicted octanol–water partition coefficient (Wildman–Crippen LogP) is 1.92. The van der Waals surface area contributed by atoms with E-state index in [1.165, 1.54) is 0 Å². The number of hydrogen-bond acceptors (Lipinski definition) is 4. The van der Waals surface area contributed by atoms with Crippen molar-refractivity contribution in [3.8, 4) is 11.3 Å². The lowest BCUT2D eigenvalue weighted by atomic mass is 10.0. The molecule has 106 valence electrons. The first-order valence-electron chi connectivity index (χ1n) is 6.51. The van der Waals surface area contributed by atoms with Crippen molar-refractivity contribution in [1.82, 2.24) is 10.1 Å². The number of nitrogens with zero attached hydrogens (tertiary/aromatic N) is 2. The zero-order valence-corrected chi connectivity index (χ0v) is 12.0. The number of likely N-dealkylation sites (N-methyl/N-ethyl adjacent to an activating group) is 1. The molecule has 20 heavy (non-hydrogen) atoms. The Bertz CT molecular complexity index is 653. The van der Waals surface area contributed by atoms with E-state index in [4.69, 9.17) is 4.52 Å². The van der Waals surface area contributed by atoms with Crippen molar-refractivity contribution in [3.63, 3.8) is 0 Å². The summed E-state index contributed by atoms with van der Waals surface area (Å²) in [5.41, 5.74) is 2.79. The summed E-state index contributed by atoms with van der Waals surface area (Å²) in [6, 6.07) is 7.84. The first kappa shape index (κ1) is 14.3. The van der Waals surface area contributed by atoms with Crippen LogP contribution in [0.3, 0.4) is 0 Å². The molecule has 0 spiro atoms. The van der Waals surface area contributed by atoms with Gasteiger partial charge in [-0.1, -0.05) is 24.3 Å². The Morgan fingerprint density at radius 2 is 2.10 bits per heavy atom. The highest BCUT2D eigenvalue weighted by Crippen LogP contribution is 2.22. The van der Waals surface area contributed by atoms with Crippen molar-refractivity contribution in [2.75, 3.05) is 27.2 Å². The third-order valence-electron chi connectivity index (χ3n) is 3.05. The first-order chi connectivity index (χ1) is 9.59. The summed E-state index contributed by atoms with van der Waals surface area (Å²) in [6.07, 6.45) is 1.59. The maximum atomic E-state index is 11.8. The SMILES string of the molecule is Cc1ccccc1-c1[nH]oc(=O)c1C=NCCN(C)C. The summed E-state index contributed by atoms with van der Waals surface area (Å²) < 4.78 is 4.90. The number of aromatic nitrogens is 1. The van der Waals surface area contributed by atoms with E-state index in [1.54, 1.807) is 6.21 Å². The number of aromatic amines is 1. The third kappa shape index (κ3) is 3.24. The molecular weight excluding hydrogens is 254 g/mol. The van der Waals surface area contributed by atoms with Gasteiger partial charge in [0.15, 0.2) is 0 Å². The summed E-state index contributed by atoms with van der Waals surface area (Å²) in [6.45, 7) is 3.48. The molecule has 5 heteroatoms. The second-order valence-corrected chi connectivity index (χ2v) is 4.93. The standard InChI is InChI=1S/C15H19N3O2/c1-11-6-4-5-7-12(11)14-13(15(19)20-17-14)10-16-8-9-18(2)3/h4-7,10,17H,8-9H2,1-3H3. The fraction of sp³-hybridized carbons (Fsp3) is 0.333. The Hall–Kier alpha value is -2.14. The van der Waals surface area contributed by atoms with Crippen molar-refractivity contribution in [2.24, 2.45) is 4.99 Å². The Morgan fingerprint density at radius 1 is 1.35 bits per heavy atom. The topological polar surface area (TPSA) is 61.6 Å². The number of H-pyrrole nitrogens is 1. The number of aryl methyl sites for hydroxylation is 1. The maximum absolute atomic E-state index is 11.8. The van der Waals surface area contributed by atoms with Crippen LogP contribution in [0.25, 0.3) is 11.3 Å². The fourth-order valence-electron chi connectivity index (χ4n) is 1.89. The number of hydrogen-bond donors (Lipinski definition) is 1. The van der Waals surface area contributed by atoms with Gasteiger partial charge in [-0.05, 0) is 26.6 Å². The van der Waals surface area contributed by atoms with Crippen LogP contribution >= 0.6 is 0 Å². The molecule has 0 saturated carbocycles. The number of benzene rings is 1. The second kappa shape index (κ2) is 6.34. The lowest BCUT2D eigenvalue weighted by Gasteiger charge is -2.05. The van der Waals surface area contributed by atoms with Crippen LogP contribution in [-0.4, -0.2) is 43.5 Å². The van der Waals surface area contributed by atoms with E-state index in [9.17, 15) is 4.79 Å². The van der Waals surface area contributed by atoms with Crippen LogP contribution in [0.5, 0.6) is 0 Å². The maximum Gasteiger partial charge on any atom is 0.366 e. The molecule has 0 radical (unpaired) electrons. The minimum Gasteiger partial charge on any atom is -0.338 e. The van der Waals surface area contributed by atoms with Crippen molar-refractivity contribution >= 4 is 6.21 Å². The smallest absolute Gasteiger partial charge is 0.338 e. The zero-order chi connectivity index (χ0) is 14.5. The van der Waals surface area contributed by atoms with Gasteiger partial charge < -0.3 is 9.42 Å². The highest BCUT2D eigenvalue weighted by molar-refractivity contribution is 5.88. The van der Waals surface area contributed by atoms with Gasteiger partial charge >= 0.3 is 5.63 Å². The number of aliphatic imine (C=N–C) groups is 1. The quantitative estimate of drug-likeness (QED) is 0.847. The van der Waals surface area contributed by atoms with Crippen LogP contribution in [0.1, 0.15) is 11.1 Å².